The van der Waals surface area contributed by atoms with E-state index >= 15 is 0 Å². The molecule has 2 aliphatic heterocycles. The molecule has 0 aromatic carbocycles. The predicted molar refractivity (Wildman–Crippen MR) is 95.8 cm³/mol. The average Bonchev–Trinajstić information content (AvgIpc) is 3.23. The second-order valence-corrected chi connectivity index (χ2v) is 8.94. The van der Waals surface area contributed by atoms with Crippen LogP contribution in [0.1, 0.15) is 10.4 Å². The molecule has 142 valence electrons. The van der Waals surface area contributed by atoms with E-state index in [0.717, 1.165) is 11.3 Å². The van der Waals surface area contributed by atoms with Crippen molar-refractivity contribution in [3.63, 3.8) is 0 Å². The third kappa shape index (κ3) is 4.70. The number of thiophene rings is 1. The zero-order chi connectivity index (χ0) is 17.2. The number of sulfonamides is 1. The number of morpholine rings is 1. The molecule has 0 radical (unpaired) electrons. The largest absolute Gasteiger partial charge is 0.391 e. The van der Waals surface area contributed by atoms with Crippen molar-refractivity contribution in [2.75, 3.05) is 45.9 Å². The molecule has 1 amide bonds. The van der Waals surface area contributed by atoms with E-state index in [1.54, 1.807) is 5.38 Å². The summed E-state index contributed by atoms with van der Waals surface area (Å²) in [7, 11) is -3.57. The monoisotopic (exact) mass is 411 g/mol. The normalized spacial score (nSPS) is 24.7. The molecule has 0 bridgehead atoms. The number of nitrogens with zero attached hydrogens (tertiary/aromatic N) is 1. The lowest BCUT2D eigenvalue weighted by molar-refractivity contribution is 0.0731. The van der Waals surface area contributed by atoms with Crippen LogP contribution in [0.3, 0.4) is 0 Å². The Morgan fingerprint density at radius 1 is 1.40 bits per heavy atom. The van der Waals surface area contributed by atoms with Gasteiger partial charge in [0.25, 0.3) is 15.9 Å². The summed E-state index contributed by atoms with van der Waals surface area (Å²) in [6, 6.07) is 1.41. The Bertz CT molecular complexity index is 690. The van der Waals surface area contributed by atoms with E-state index in [2.05, 4.69) is 10.6 Å². The molecule has 25 heavy (non-hydrogen) atoms. The van der Waals surface area contributed by atoms with Crippen LogP contribution in [0.2, 0.25) is 0 Å². The smallest absolute Gasteiger partial charge is 0.252 e. The van der Waals surface area contributed by atoms with E-state index in [0.29, 0.717) is 51.5 Å². The van der Waals surface area contributed by atoms with Crippen LogP contribution in [-0.2, 0) is 14.8 Å². The number of carbonyl (C=O) groups is 1. The van der Waals surface area contributed by atoms with E-state index < -0.39 is 16.1 Å². The second kappa shape index (κ2) is 8.76. The van der Waals surface area contributed by atoms with Crippen molar-refractivity contribution in [2.45, 2.75) is 10.3 Å². The van der Waals surface area contributed by atoms with E-state index in [1.807, 2.05) is 0 Å². The molecule has 1 aromatic heterocycles. The maximum Gasteiger partial charge on any atom is 0.252 e. The summed E-state index contributed by atoms with van der Waals surface area (Å²) in [5.41, 5.74) is 0.326. The first kappa shape index (κ1) is 20.6. The molecule has 0 aliphatic carbocycles. The summed E-state index contributed by atoms with van der Waals surface area (Å²) in [6.45, 7) is 2.96. The molecule has 2 atom stereocenters. The number of hydrogen-bond acceptors (Lipinski definition) is 7. The number of β-amino-alcohol motifs (C(OH)–C–C–N with tert-alkyl or cyclic N) is 1. The molecule has 0 saturated carbocycles. The first-order valence-corrected chi connectivity index (χ1v) is 10.1. The second-order valence-electron chi connectivity index (χ2n) is 5.87. The molecule has 8 nitrogen and oxygen atoms in total. The van der Waals surface area contributed by atoms with Crippen LogP contribution in [0.5, 0.6) is 0 Å². The van der Waals surface area contributed by atoms with Gasteiger partial charge < -0.3 is 20.5 Å². The van der Waals surface area contributed by atoms with Crippen molar-refractivity contribution in [1.29, 1.82) is 0 Å². The molecule has 2 saturated heterocycles. The molecule has 3 heterocycles. The number of rotatable bonds is 5. The van der Waals surface area contributed by atoms with Crippen LogP contribution in [-0.4, -0.2) is 75.8 Å². The number of carbonyl (C=O) groups excluding carboxylic acids is 1. The van der Waals surface area contributed by atoms with Crippen LogP contribution < -0.4 is 10.6 Å². The molecule has 2 aliphatic rings. The van der Waals surface area contributed by atoms with Crippen LogP contribution >= 0.6 is 23.7 Å². The third-order valence-corrected chi connectivity index (χ3v) is 7.54. The summed E-state index contributed by atoms with van der Waals surface area (Å²) in [5.74, 6) is -0.349. The number of aliphatic hydroxyl groups is 1. The quantitative estimate of drug-likeness (QED) is 0.603. The Morgan fingerprint density at radius 2 is 2.12 bits per heavy atom. The fraction of sp³-hybridized carbons (Fsp3) is 0.643. The topological polar surface area (TPSA) is 108 Å². The minimum absolute atomic E-state index is 0. The fourth-order valence-electron chi connectivity index (χ4n) is 2.74. The van der Waals surface area contributed by atoms with E-state index in [-0.39, 0.29) is 28.4 Å². The molecular weight excluding hydrogens is 390 g/mol. The highest BCUT2D eigenvalue weighted by Gasteiger charge is 2.29. The fourth-order valence-corrected chi connectivity index (χ4v) is 5.46. The van der Waals surface area contributed by atoms with Crippen molar-refractivity contribution in [3.8, 4) is 0 Å². The molecule has 2 fully saturated rings. The van der Waals surface area contributed by atoms with Crippen molar-refractivity contribution < 1.29 is 23.1 Å². The van der Waals surface area contributed by atoms with Crippen LogP contribution in [0.4, 0.5) is 0 Å². The minimum atomic E-state index is -3.57. The predicted octanol–water partition coefficient (Wildman–Crippen LogP) is -0.499. The summed E-state index contributed by atoms with van der Waals surface area (Å²) in [6.07, 6.45) is -0.468. The lowest BCUT2D eigenvalue weighted by Crippen LogP contribution is -2.40. The van der Waals surface area contributed by atoms with Gasteiger partial charge in [-0.1, -0.05) is 0 Å². The van der Waals surface area contributed by atoms with Crippen molar-refractivity contribution >= 4 is 39.7 Å². The van der Waals surface area contributed by atoms with Gasteiger partial charge in [-0.2, -0.15) is 4.31 Å². The average molecular weight is 412 g/mol. The first-order chi connectivity index (χ1) is 11.5. The van der Waals surface area contributed by atoms with Gasteiger partial charge in [0.15, 0.2) is 0 Å². The standard InChI is InChI=1S/C14H21N3O5S2.ClH/c18-12-8-15-6-11(12)7-16-14(19)10-5-13(23-9-10)24(20,21)17-1-3-22-4-2-17;/h5,9,11-12,15,18H,1-4,6-8H2,(H,16,19);1H. The number of halogens is 1. The van der Waals surface area contributed by atoms with Crippen LogP contribution in [0.15, 0.2) is 15.7 Å². The van der Waals surface area contributed by atoms with Gasteiger partial charge in [-0.05, 0) is 6.07 Å². The van der Waals surface area contributed by atoms with Gasteiger partial charge in [-0.3, -0.25) is 4.79 Å². The highest BCUT2D eigenvalue weighted by Crippen LogP contribution is 2.24. The molecule has 0 spiro atoms. The Hall–Kier alpha value is -0.750. The number of hydrogen-bond donors (Lipinski definition) is 3. The Kier molecular flexibility index (Phi) is 7.20. The van der Waals surface area contributed by atoms with Gasteiger partial charge in [-0.15, -0.1) is 23.7 Å². The summed E-state index contributed by atoms with van der Waals surface area (Å²) in [4.78, 5) is 12.2. The van der Waals surface area contributed by atoms with Gasteiger partial charge in [0.1, 0.15) is 4.21 Å². The van der Waals surface area contributed by atoms with Crippen molar-refractivity contribution in [2.24, 2.45) is 5.92 Å². The SMILES string of the molecule is Cl.O=C(NCC1CNCC1O)c1csc(S(=O)(=O)N2CCOCC2)c1. The number of amides is 1. The van der Waals surface area contributed by atoms with Gasteiger partial charge in [0.2, 0.25) is 0 Å². The zero-order valence-electron chi connectivity index (χ0n) is 13.5. The third-order valence-electron chi connectivity index (χ3n) is 4.23. The Balaban J connectivity index is 0.00000225. The molecular formula is C14H22ClN3O5S2. The molecule has 1 aromatic rings. The van der Waals surface area contributed by atoms with Gasteiger partial charge in [0.05, 0.1) is 24.9 Å². The lowest BCUT2D eigenvalue weighted by Gasteiger charge is -2.25. The van der Waals surface area contributed by atoms with Crippen LogP contribution in [0, 0.1) is 5.92 Å². The highest BCUT2D eigenvalue weighted by atomic mass is 35.5. The van der Waals surface area contributed by atoms with Gasteiger partial charge in [0, 0.05) is 44.0 Å². The van der Waals surface area contributed by atoms with Gasteiger partial charge >= 0.3 is 0 Å². The first-order valence-electron chi connectivity index (χ1n) is 7.82. The Labute approximate surface area is 157 Å². The summed E-state index contributed by atoms with van der Waals surface area (Å²) >= 11 is 1.04. The molecule has 11 heteroatoms. The summed E-state index contributed by atoms with van der Waals surface area (Å²) < 4.78 is 31.8. The maximum absolute atomic E-state index is 12.5. The van der Waals surface area contributed by atoms with Crippen molar-refractivity contribution in [1.82, 2.24) is 14.9 Å². The zero-order valence-corrected chi connectivity index (χ0v) is 16.0. The van der Waals surface area contributed by atoms with E-state index in [1.165, 1.54) is 10.4 Å². The number of ether oxygens (including phenoxy) is 1. The molecule has 2 unspecified atom stereocenters. The number of aliphatic hydroxyl groups excluding tert-OH is 1. The Morgan fingerprint density at radius 3 is 2.76 bits per heavy atom. The van der Waals surface area contributed by atoms with Crippen molar-refractivity contribution in [3.05, 3.63) is 17.0 Å². The maximum atomic E-state index is 12.5. The lowest BCUT2D eigenvalue weighted by atomic mass is 10.1. The van der Waals surface area contributed by atoms with E-state index in [4.69, 9.17) is 4.74 Å². The van der Waals surface area contributed by atoms with Crippen LogP contribution in [0.25, 0.3) is 0 Å². The number of nitrogens with one attached hydrogen (secondary N) is 2. The van der Waals surface area contributed by atoms with E-state index in [9.17, 15) is 18.3 Å². The minimum Gasteiger partial charge on any atom is -0.391 e. The highest BCUT2D eigenvalue weighted by molar-refractivity contribution is 7.91. The summed E-state index contributed by atoms with van der Waals surface area (Å²) in [5, 5.41) is 17.1. The van der Waals surface area contributed by atoms with Gasteiger partial charge in [-0.25, -0.2) is 8.42 Å². The molecule has 3 N–H and O–H groups in total. The molecule has 3 rings (SSSR count).